The van der Waals surface area contributed by atoms with Crippen molar-refractivity contribution in [3.63, 3.8) is 0 Å². The van der Waals surface area contributed by atoms with Gasteiger partial charge in [0.15, 0.2) is 0 Å². The van der Waals surface area contributed by atoms with E-state index in [2.05, 4.69) is 29.8 Å². The normalized spacial score (nSPS) is 10.7. The standard InChI is InChI=1S/C13H17BrClNO/c1-9(2)6-7-16(3)13(17)11-5-4-10(15)8-12(11)14/h4-5,8-9H,6-7H2,1-3H3. The highest BCUT2D eigenvalue weighted by molar-refractivity contribution is 9.10. The first-order valence-corrected chi connectivity index (χ1v) is 6.79. The van der Waals surface area contributed by atoms with Crippen molar-refractivity contribution < 1.29 is 4.79 Å². The van der Waals surface area contributed by atoms with E-state index in [9.17, 15) is 4.79 Å². The van der Waals surface area contributed by atoms with Gasteiger partial charge in [-0.2, -0.15) is 0 Å². The Morgan fingerprint density at radius 2 is 2.12 bits per heavy atom. The number of hydrogen-bond donors (Lipinski definition) is 0. The molecular formula is C13H17BrClNO. The van der Waals surface area contributed by atoms with Gasteiger partial charge in [0.1, 0.15) is 0 Å². The van der Waals surface area contributed by atoms with E-state index in [0.29, 0.717) is 16.5 Å². The van der Waals surface area contributed by atoms with Gasteiger partial charge in [0.05, 0.1) is 5.56 Å². The lowest BCUT2D eigenvalue weighted by molar-refractivity contribution is 0.0788. The van der Waals surface area contributed by atoms with Gasteiger partial charge in [-0.1, -0.05) is 25.4 Å². The Kier molecular flexibility index (Phi) is 5.47. The van der Waals surface area contributed by atoms with Gasteiger partial charge in [-0.15, -0.1) is 0 Å². The first-order valence-electron chi connectivity index (χ1n) is 5.62. The van der Waals surface area contributed by atoms with Crippen molar-refractivity contribution in [2.45, 2.75) is 20.3 Å². The van der Waals surface area contributed by atoms with Gasteiger partial charge in [0.25, 0.3) is 5.91 Å². The molecule has 17 heavy (non-hydrogen) atoms. The molecule has 2 nitrogen and oxygen atoms in total. The van der Waals surface area contributed by atoms with Gasteiger partial charge >= 0.3 is 0 Å². The fourth-order valence-corrected chi connectivity index (χ4v) is 2.27. The lowest BCUT2D eigenvalue weighted by Gasteiger charge is -2.19. The molecule has 0 fully saturated rings. The monoisotopic (exact) mass is 317 g/mol. The molecule has 0 bridgehead atoms. The van der Waals surface area contributed by atoms with E-state index in [0.717, 1.165) is 17.4 Å². The van der Waals surface area contributed by atoms with Crippen LogP contribution in [0, 0.1) is 5.92 Å². The summed E-state index contributed by atoms with van der Waals surface area (Å²) in [5, 5.41) is 0.623. The highest BCUT2D eigenvalue weighted by Gasteiger charge is 2.15. The third-order valence-electron chi connectivity index (χ3n) is 2.55. The van der Waals surface area contributed by atoms with Gasteiger partial charge in [0.2, 0.25) is 0 Å². The van der Waals surface area contributed by atoms with Crippen molar-refractivity contribution in [3.8, 4) is 0 Å². The molecular weight excluding hydrogens is 302 g/mol. The second-order valence-corrected chi connectivity index (χ2v) is 5.82. The maximum absolute atomic E-state index is 12.1. The SMILES string of the molecule is CC(C)CCN(C)C(=O)c1ccc(Cl)cc1Br. The van der Waals surface area contributed by atoms with E-state index in [-0.39, 0.29) is 5.91 Å². The van der Waals surface area contributed by atoms with Crippen LogP contribution in [0.15, 0.2) is 22.7 Å². The molecule has 0 atom stereocenters. The second-order valence-electron chi connectivity index (χ2n) is 4.53. The van der Waals surface area contributed by atoms with Crippen LogP contribution in [-0.4, -0.2) is 24.4 Å². The first kappa shape index (κ1) is 14.5. The summed E-state index contributed by atoms with van der Waals surface area (Å²) in [6, 6.07) is 5.22. The number of nitrogens with zero attached hydrogens (tertiary/aromatic N) is 1. The summed E-state index contributed by atoms with van der Waals surface area (Å²) in [7, 11) is 1.83. The molecule has 0 heterocycles. The zero-order valence-corrected chi connectivity index (χ0v) is 12.7. The van der Waals surface area contributed by atoms with Crippen molar-refractivity contribution >= 4 is 33.4 Å². The van der Waals surface area contributed by atoms with Crippen LogP contribution >= 0.6 is 27.5 Å². The summed E-state index contributed by atoms with van der Waals surface area (Å²) in [5.74, 6) is 0.619. The minimum Gasteiger partial charge on any atom is -0.342 e. The van der Waals surface area contributed by atoms with Crippen LogP contribution in [0.5, 0.6) is 0 Å². The lowest BCUT2D eigenvalue weighted by atomic mass is 10.1. The van der Waals surface area contributed by atoms with Crippen molar-refractivity contribution in [1.29, 1.82) is 0 Å². The van der Waals surface area contributed by atoms with Gasteiger partial charge in [-0.05, 0) is 46.5 Å². The van der Waals surface area contributed by atoms with E-state index in [1.807, 2.05) is 7.05 Å². The maximum atomic E-state index is 12.1. The fraction of sp³-hybridized carbons (Fsp3) is 0.462. The molecule has 1 aromatic rings. The Balaban J connectivity index is 2.75. The Labute approximate surface area is 116 Å². The molecule has 0 saturated heterocycles. The fourth-order valence-electron chi connectivity index (χ4n) is 1.42. The third kappa shape index (κ3) is 4.32. The minimum absolute atomic E-state index is 0.0224. The quantitative estimate of drug-likeness (QED) is 0.814. The number of benzene rings is 1. The van der Waals surface area contributed by atoms with Crippen LogP contribution in [0.3, 0.4) is 0 Å². The molecule has 4 heteroatoms. The topological polar surface area (TPSA) is 20.3 Å². The zero-order valence-electron chi connectivity index (χ0n) is 10.3. The van der Waals surface area contributed by atoms with Crippen LogP contribution in [0.4, 0.5) is 0 Å². The number of carbonyl (C=O) groups is 1. The third-order valence-corrected chi connectivity index (χ3v) is 3.44. The summed E-state index contributed by atoms with van der Waals surface area (Å²) in [5.41, 5.74) is 0.653. The highest BCUT2D eigenvalue weighted by Crippen LogP contribution is 2.22. The van der Waals surface area contributed by atoms with Crippen LogP contribution in [0.2, 0.25) is 5.02 Å². The summed E-state index contributed by atoms with van der Waals surface area (Å²) >= 11 is 9.21. The van der Waals surface area contributed by atoms with E-state index in [1.54, 1.807) is 23.1 Å². The molecule has 0 unspecified atom stereocenters. The summed E-state index contributed by atoms with van der Waals surface area (Å²) < 4.78 is 0.742. The van der Waals surface area contributed by atoms with Gasteiger partial charge in [-0.25, -0.2) is 0 Å². The molecule has 1 rings (SSSR count). The Bertz CT molecular complexity index is 406. The van der Waals surface area contributed by atoms with E-state index in [1.165, 1.54) is 0 Å². The summed E-state index contributed by atoms with van der Waals surface area (Å²) in [4.78, 5) is 13.9. The molecule has 1 aromatic carbocycles. The van der Waals surface area contributed by atoms with Crippen molar-refractivity contribution in [2.75, 3.05) is 13.6 Å². The molecule has 0 aromatic heterocycles. The van der Waals surface area contributed by atoms with Gasteiger partial charge < -0.3 is 4.90 Å². The zero-order chi connectivity index (χ0) is 13.0. The molecule has 1 amide bonds. The molecule has 0 spiro atoms. The molecule has 0 aliphatic heterocycles. The smallest absolute Gasteiger partial charge is 0.254 e. The summed E-state index contributed by atoms with van der Waals surface area (Å²) in [6.45, 7) is 5.07. The summed E-state index contributed by atoms with van der Waals surface area (Å²) in [6.07, 6.45) is 1.01. The number of rotatable bonds is 4. The number of halogens is 2. The molecule has 0 aliphatic rings. The van der Waals surface area contributed by atoms with E-state index < -0.39 is 0 Å². The predicted octanol–water partition coefficient (Wildman–Crippen LogP) is 4.22. The minimum atomic E-state index is 0.0224. The molecule has 94 valence electrons. The molecule has 0 radical (unpaired) electrons. The van der Waals surface area contributed by atoms with Gasteiger partial charge in [-0.3, -0.25) is 4.79 Å². The van der Waals surface area contributed by atoms with Crippen LogP contribution in [-0.2, 0) is 0 Å². The number of amides is 1. The van der Waals surface area contributed by atoms with Crippen molar-refractivity contribution in [3.05, 3.63) is 33.3 Å². The molecule has 0 aliphatic carbocycles. The second kappa shape index (κ2) is 6.41. The van der Waals surface area contributed by atoms with Crippen LogP contribution in [0.25, 0.3) is 0 Å². The Morgan fingerprint density at radius 3 is 2.65 bits per heavy atom. The Morgan fingerprint density at radius 1 is 1.47 bits per heavy atom. The molecule has 0 N–H and O–H groups in total. The largest absolute Gasteiger partial charge is 0.342 e. The average molecular weight is 319 g/mol. The Hall–Kier alpha value is -0.540. The van der Waals surface area contributed by atoms with Crippen LogP contribution in [0.1, 0.15) is 30.6 Å². The average Bonchev–Trinajstić information content (AvgIpc) is 2.25. The predicted molar refractivity (Wildman–Crippen MR) is 75.6 cm³/mol. The maximum Gasteiger partial charge on any atom is 0.254 e. The molecule has 0 saturated carbocycles. The van der Waals surface area contributed by atoms with E-state index >= 15 is 0 Å². The van der Waals surface area contributed by atoms with Gasteiger partial charge in [0, 0.05) is 23.1 Å². The van der Waals surface area contributed by atoms with Crippen molar-refractivity contribution in [1.82, 2.24) is 4.90 Å². The highest BCUT2D eigenvalue weighted by atomic mass is 79.9. The van der Waals surface area contributed by atoms with E-state index in [4.69, 9.17) is 11.6 Å². The van der Waals surface area contributed by atoms with Crippen LogP contribution < -0.4 is 0 Å². The first-order chi connectivity index (χ1) is 7.91. The van der Waals surface area contributed by atoms with Crippen molar-refractivity contribution in [2.24, 2.45) is 5.92 Å². The lowest BCUT2D eigenvalue weighted by Crippen LogP contribution is -2.28. The number of carbonyl (C=O) groups excluding carboxylic acids is 1. The number of hydrogen-bond acceptors (Lipinski definition) is 1.